The van der Waals surface area contributed by atoms with Crippen molar-refractivity contribution in [1.29, 1.82) is 0 Å². The number of halogens is 1. The van der Waals surface area contributed by atoms with Gasteiger partial charge in [0.05, 0.1) is 0 Å². The van der Waals surface area contributed by atoms with Gasteiger partial charge < -0.3 is 4.90 Å². The van der Waals surface area contributed by atoms with Crippen LogP contribution in [0.4, 0.5) is 0 Å². The molecule has 0 N–H and O–H groups in total. The van der Waals surface area contributed by atoms with Crippen LogP contribution in [0.2, 0.25) is 0 Å². The lowest BCUT2D eigenvalue weighted by Crippen LogP contribution is -1.99. The van der Waals surface area contributed by atoms with Crippen LogP contribution in [-0.2, 0) is 0 Å². The van der Waals surface area contributed by atoms with Gasteiger partial charge in [-0.2, -0.15) is 0 Å². The van der Waals surface area contributed by atoms with Crippen molar-refractivity contribution in [2.75, 3.05) is 21.1 Å². The van der Waals surface area contributed by atoms with E-state index in [2.05, 4.69) is 22.9 Å². The number of alkyl halides is 1. The van der Waals surface area contributed by atoms with Gasteiger partial charge in [-0.05, 0) is 25.6 Å². The molecule has 3 heteroatoms. The van der Waals surface area contributed by atoms with Gasteiger partial charge in [0.1, 0.15) is 0 Å². The predicted molar refractivity (Wildman–Crippen MR) is 47.9 cm³/mol. The number of hydrogen-bond donors (Lipinski definition) is 0. The van der Waals surface area contributed by atoms with E-state index in [1.165, 1.54) is 10.2 Å². The van der Waals surface area contributed by atoms with Crippen molar-refractivity contribution in [3.05, 3.63) is 0 Å². The van der Waals surface area contributed by atoms with Crippen LogP contribution >= 0.6 is 15.9 Å². The smallest absolute Gasteiger partial charge is 0.0197 e. The van der Waals surface area contributed by atoms with E-state index in [0.717, 1.165) is 4.45 Å². The van der Waals surface area contributed by atoms with E-state index in [1.54, 1.807) is 0 Å². The zero-order chi connectivity index (χ0) is 7.15. The first-order chi connectivity index (χ1) is 3.46. The molecule has 0 amide bonds. The van der Waals surface area contributed by atoms with Crippen molar-refractivity contribution in [3.8, 4) is 0 Å². The average molecular weight is 198 g/mol. The summed E-state index contributed by atoms with van der Waals surface area (Å²) in [4.78, 5) is 2.00. The lowest BCUT2D eigenvalue weighted by molar-refractivity contribution is 0.505. The molecular weight excluding hydrogens is 182 g/mol. The Bertz CT molecular complexity index is 27.9. The van der Waals surface area contributed by atoms with Crippen LogP contribution in [-0.4, -0.2) is 40.7 Å². The molecule has 0 spiro atoms. The summed E-state index contributed by atoms with van der Waals surface area (Å²) in [6.45, 7) is 2.15. The van der Waals surface area contributed by atoms with Crippen molar-refractivity contribution in [2.24, 2.45) is 0 Å². The second-order valence-corrected chi connectivity index (χ2v) is 7.61. The minimum Gasteiger partial charge on any atom is -0.312 e. The summed E-state index contributed by atoms with van der Waals surface area (Å²) in [6.07, 6.45) is 0. The fraction of sp³-hybridized carbons (Fsp3) is 1.00. The molecule has 1 atom stereocenters. The maximum absolute atomic E-state index is 3.33. The Morgan fingerprint density at radius 2 is 1.38 bits per heavy atom. The van der Waals surface area contributed by atoms with Gasteiger partial charge in [-0.3, -0.25) is 0 Å². The predicted octanol–water partition coefficient (Wildman–Crippen LogP) is 0.270. The molecule has 0 saturated heterocycles. The fourth-order valence-electron chi connectivity index (χ4n) is 0. The highest BCUT2D eigenvalue weighted by molar-refractivity contribution is 9.10. The van der Waals surface area contributed by atoms with E-state index < -0.39 is 0 Å². The molecule has 0 aromatic carbocycles. The quantitative estimate of drug-likeness (QED) is 0.399. The van der Waals surface area contributed by atoms with Crippen molar-refractivity contribution in [1.82, 2.24) is 4.90 Å². The molecule has 8 heavy (non-hydrogen) atoms. The number of hydrogen-bond acceptors (Lipinski definition) is 1. The van der Waals surface area contributed by atoms with Gasteiger partial charge >= 0.3 is 0 Å². The van der Waals surface area contributed by atoms with Gasteiger partial charge in [0.15, 0.2) is 0 Å². The first kappa shape index (κ1) is 11.5. The Morgan fingerprint density at radius 3 is 1.38 bits per heavy atom. The lowest BCUT2D eigenvalue weighted by Gasteiger charge is -1.90. The van der Waals surface area contributed by atoms with Gasteiger partial charge in [-0.25, -0.2) is 0 Å². The zero-order valence-corrected chi connectivity index (χ0v) is 9.99. The third-order valence-corrected chi connectivity index (χ3v) is 0. The SMILES string of the molecule is CC([SiH3])Br.CN(C)C. The number of rotatable bonds is 0. The van der Waals surface area contributed by atoms with E-state index in [9.17, 15) is 0 Å². The molecule has 0 aromatic rings. The normalized spacial score (nSPS) is 12.8. The lowest BCUT2D eigenvalue weighted by atomic mass is 11.0. The fourth-order valence-corrected chi connectivity index (χ4v) is 0. The van der Waals surface area contributed by atoms with Crippen molar-refractivity contribution < 1.29 is 0 Å². The average Bonchev–Trinajstić information content (AvgIpc) is 1.25. The van der Waals surface area contributed by atoms with Crippen LogP contribution in [0.3, 0.4) is 0 Å². The van der Waals surface area contributed by atoms with Gasteiger partial charge in [0.2, 0.25) is 0 Å². The summed E-state index contributed by atoms with van der Waals surface area (Å²) in [5.74, 6) is 0. The maximum atomic E-state index is 3.33. The molecule has 0 fully saturated rings. The topological polar surface area (TPSA) is 3.24 Å². The Labute approximate surface area is 64.0 Å². The monoisotopic (exact) mass is 197 g/mol. The first-order valence-corrected chi connectivity index (χ1v) is 4.78. The van der Waals surface area contributed by atoms with Crippen LogP contribution in [0.25, 0.3) is 0 Å². The molecular formula is C5H16BrNSi. The van der Waals surface area contributed by atoms with Gasteiger partial charge in [0, 0.05) is 10.2 Å². The second kappa shape index (κ2) is 7.66. The first-order valence-electron chi connectivity index (χ1n) is 2.71. The summed E-state index contributed by atoms with van der Waals surface area (Å²) in [6, 6.07) is 0. The molecule has 0 aliphatic rings. The second-order valence-electron chi connectivity index (χ2n) is 2.36. The summed E-state index contributed by atoms with van der Waals surface area (Å²) in [5, 5.41) is 0. The Balaban J connectivity index is 0. The summed E-state index contributed by atoms with van der Waals surface area (Å²) < 4.78 is 0.785. The van der Waals surface area contributed by atoms with Crippen LogP contribution < -0.4 is 0 Å². The highest BCUT2D eigenvalue weighted by atomic mass is 79.9. The third-order valence-electron chi connectivity index (χ3n) is 0. The highest BCUT2D eigenvalue weighted by Crippen LogP contribution is 1.84. The molecule has 52 valence electrons. The van der Waals surface area contributed by atoms with E-state index in [0.29, 0.717) is 0 Å². The van der Waals surface area contributed by atoms with Crippen LogP contribution in [0.1, 0.15) is 6.92 Å². The Kier molecular flexibility index (Phi) is 11.0. The van der Waals surface area contributed by atoms with Gasteiger partial charge in [-0.1, -0.05) is 22.9 Å². The molecule has 0 radical (unpaired) electrons. The van der Waals surface area contributed by atoms with Crippen LogP contribution in [0.5, 0.6) is 0 Å². The largest absolute Gasteiger partial charge is 0.312 e. The summed E-state index contributed by atoms with van der Waals surface area (Å²) >= 11 is 3.33. The van der Waals surface area contributed by atoms with E-state index in [1.807, 2.05) is 26.0 Å². The van der Waals surface area contributed by atoms with Crippen molar-refractivity contribution in [3.63, 3.8) is 0 Å². The molecule has 0 bridgehead atoms. The minimum absolute atomic E-state index is 0.785. The van der Waals surface area contributed by atoms with Crippen LogP contribution in [0, 0.1) is 0 Å². The van der Waals surface area contributed by atoms with Crippen LogP contribution in [0.15, 0.2) is 0 Å². The molecule has 0 aliphatic heterocycles. The summed E-state index contributed by atoms with van der Waals surface area (Å²) in [5.41, 5.74) is 0. The van der Waals surface area contributed by atoms with E-state index in [-0.39, 0.29) is 0 Å². The summed E-state index contributed by atoms with van der Waals surface area (Å²) in [7, 11) is 7.27. The molecule has 1 nitrogen and oxygen atoms in total. The molecule has 0 rings (SSSR count). The maximum Gasteiger partial charge on any atom is 0.0197 e. The van der Waals surface area contributed by atoms with Crippen molar-refractivity contribution in [2.45, 2.75) is 11.4 Å². The molecule has 0 aromatic heterocycles. The van der Waals surface area contributed by atoms with Crippen molar-refractivity contribution >= 4 is 26.2 Å². The molecule has 0 heterocycles. The highest BCUT2D eigenvalue weighted by Gasteiger charge is 1.71. The van der Waals surface area contributed by atoms with Gasteiger partial charge in [-0.15, -0.1) is 0 Å². The van der Waals surface area contributed by atoms with E-state index in [4.69, 9.17) is 0 Å². The molecule has 1 unspecified atom stereocenters. The third kappa shape index (κ3) is 494. The standard InChI is InChI=1S/C3H9N.C2H7BrSi/c1-4(2)3;1-2(3)4/h1-3H3;2H,1,4H3. The molecule has 0 aliphatic carbocycles. The molecule has 0 saturated carbocycles. The van der Waals surface area contributed by atoms with Gasteiger partial charge in [0.25, 0.3) is 0 Å². The Morgan fingerprint density at radius 1 is 1.38 bits per heavy atom. The van der Waals surface area contributed by atoms with E-state index >= 15 is 0 Å². The zero-order valence-electron chi connectivity index (χ0n) is 6.40. The Hall–Kier alpha value is 0.657. The minimum atomic E-state index is 0.785. The number of nitrogens with zero attached hydrogens (tertiary/aromatic N) is 1.